The predicted molar refractivity (Wildman–Crippen MR) is 116 cm³/mol. The van der Waals surface area contributed by atoms with Crippen molar-refractivity contribution in [1.82, 2.24) is 9.97 Å². The highest BCUT2D eigenvalue weighted by molar-refractivity contribution is 7.17. The first kappa shape index (κ1) is 18.8. The van der Waals surface area contributed by atoms with Gasteiger partial charge in [-0.2, -0.15) is 0 Å². The second kappa shape index (κ2) is 7.82. The second-order valence-electron chi connectivity index (χ2n) is 6.16. The first-order valence-electron chi connectivity index (χ1n) is 8.66. The van der Waals surface area contributed by atoms with Crippen molar-refractivity contribution in [3.63, 3.8) is 0 Å². The van der Waals surface area contributed by atoms with Gasteiger partial charge in [0.15, 0.2) is 11.5 Å². The fourth-order valence-electron chi connectivity index (χ4n) is 2.96. The SMILES string of the molecule is COc1ccc(Nc2ncc3scc(-c4ccc(N)c(NO)c4)c3n2)cc1OC. The Morgan fingerprint density at radius 1 is 1.07 bits per heavy atom. The van der Waals surface area contributed by atoms with E-state index in [4.69, 9.17) is 15.2 Å². The molecular formula is C20H19N5O3S. The predicted octanol–water partition coefficient (Wildman–Crippen LogP) is 4.50. The monoisotopic (exact) mass is 409 g/mol. The molecule has 0 atom stereocenters. The minimum absolute atomic E-state index is 0.444. The molecule has 0 unspecified atom stereocenters. The third-order valence-corrected chi connectivity index (χ3v) is 5.34. The Labute approximate surface area is 170 Å². The highest BCUT2D eigenvalue weighted by atomic mass is 32.1. The number of thiophene rings is 1. The summed E-state index contributed by atoms with van der Waals surface area (Å²) >= 11 is 1.55. The molecule has 2 aromatic heterocycles. The van der Waals surface area contributed by atoms with Crippen LogP contribution in [0.25, 0.3) is 21.3 Å². The van der Waals surface area contributed by atoms with Gasteiger partial charge in [-0.25, -0.2) is 9.97 Å². The van der Waals surface area contributed by atoms with Crippen LogP contribution < -0.4 is 26.0 Å². The van der Waals surface area contributed by atoms with Gasteiger partial charge in [0, 0.05) is 22.7 Å². The average molecular weight is 409 g/mol. The number of rotatable bonds is 6. The Kier molecular flexibility index (Phi) is 5.07. The summed E-state index contributed by atoms with van der Waals surface area (Å²) < 4.78 is 11.6. The van der Waals surface area contributed by atoms with Gasteiger partial charge < -0.3 is 20.5 Å². The van der Waals surface area contributed by atoms with Gasteiger partial charge in [-0.3, -0.25) is 10.7 Å². The van der Waals surface area contributed by atoms with Gasteiger partial charge in [-0.05, 0) is 29.8 Å². The lowest BCUT2D eigenvalue weighted by Gasteiger charge is -2.10. The van der Waals surface area contributed by atoms with Gasteiger partial charge in [0.2, 0.25) is 5.95 Å². The molecule has 0 amide bonds. The van der Waals surface area contributed by atoms with E-state index in [2.05, 4.69) is 20.8 Å². The van der Waals surface area contributed by atoms with Crippen LogP contribution in [0.3, 0.4) is 0 Å². The molecule has 9 heteroatoms. The zero-order valence-electron chi connectivity index (χ0n) is 15.8. The minimum atomic E-state index is 0.444. The topological polar surface area (TPSA) is 115 Å². The van der Waals surface area contributed by atoms with Crippen molar-refractivity contribution in [3.05, 3.63) is 48.0 Å². The van der Waals surface area contributed by atoms with Crippen LogP contribution in [-0.2, 0) is 0 Å². The number of nitrogen functional groups attached to an aromatic ring is 1. The summed E-state index contributed by atoms with van der Waals surface area (Å²) in [6.07, 6.45) is 1.78. The molecule has 2 heterocycles. The van der Waals surface area contributed by atoms with E-state index in [9.17, 15) is 5.21 Å². The lowest BCUT2D eigenvalue weighted by molar-refractivity contribution is 0.355. The van der Waals surface area contributed by atoms with Crippen molar-refractivity contribution in [2.75, 3.05) is 30.8 Å². The van der Waals surface area contributed by atoms with Gasteiger partial charge >= 0.3 is 0 Å². The number of nitrogens with two attached hydrogens (primary N) is 1. The van der Waals surface area contributed by atoms with Crippen LogP contribution in [0, 0.1) is 0 Å². The standard InChI is InChI=1S/C20H19N5O3S/c1-27-16-6-4-12(8-17(16)28-2)23-20-22-9-18-19(24-20)13(10-29-18)11-3-5-14(21)15(7-11)25-26/h3-10,25-26H,21H2,1-2H3,(H,22,23,24). The molecule has 0 saturated heterocycles. The first-order chi connectivity index (χ1) is 14.1. The van der Waals surface area contributed by atoms with Gasteiger partial charge in [0.05, 0.1) is 42.0 Å². The second-order valence-corrected chi connectivity index (χ2v) is 7.08. The molecule has 0 aliphatic rings. The van der Waals surface area contributed by atoms with Crippen molar-refractivity contribution in [3.8, 4) is 22.6 Å². The summed E-state index contributed by atoms with van der Waals surface area (Å²) in [5.74, 6) is 1.72. The number of hydrogen-bond donors (Lipinski definition) is 4. The zero-order valence-corrected chi connectivity index (χ0v) is 16.6. The van der Waals surface area contributed by atoms with Crippen molar-refractivity contribution < 1.29 is 14.7 Å². The Balaban J connectivity index is 1.70. The van der Waals surface area contributed by atoms with Crippen LogP contribution in [0.4, 0.5) is 23.0 Å². The molecule has 2 aromatic carbocycles. The van der Waals surface area contributed by atoms with E-state index in [0.29, 0.717) is 28.8 Å². The molecule has 4 aromatic rings. The number of fused-ring (bicyclic) bond motifs is 1. The number of nitrogens with zero attached hydrogens (tertiary/aromatic N) is 2. The maximum atomic E-state index is 9.26. The third kappa shape index (κ3) is 3.60. The number of aromatic nitrogens is 2. The van der Waals surface area contributed by atoms with E-state index < -0.39 is 0 Å². The third-order valence-electron chi connectivity index (χ3n) is 4.44. The van der Waals surface area contributed by atoms with E-state index in [-0.39, 0.29) is 0 Å². The summed E-state index contributed by atoms with van der Waals surface area (Å²) in [5, 5.41) is 14.5. The fraction of sp³-hybridized carbons (Fsp3) is 0.100. The van der Waals surface area contributed by atoms with Crippen molar-refractivity contribution >= 4 is 44.6 Å². The fourth-order valence-corrected chi connectivity index (χ4v) is 3.83. The van der Waals surface area contributed by atoms with E-state index in [1.165, 1.54) is 0 Å². The summed E-state index contributed by atoms with van der Waals surface area (Å²) in [6, 6.07) is 10.9. The Hall–Kier alpha value is -3.56. The Morgan fingerprint density at radius 3 is 2.66 bits per heavy atom. The molecule has 0 saturated carbocycles. The largest absolute Gasteiger partial charge is 0.493 e. The Bertz CT molecular complexity index is 1180. The van der Waals surface area contributed by atoms with E-state index in [1.807, 2.05) is 29.6 Å². The minimum Gasteiger partial charge on any atom is -0.493 e. The molecule has 5 N–H and O–H groups in total. The molecule has 0 spiro atoms. The van der Waals surface area contributed by atoms with Crippen LogP contribution in [0.15, 0.2) is 48.0 Å². The highest BCUT2D eigenvalue weighted by Crippen LogP contribution is 2.36. The van der Waals surface area contributed by atoms with Crippen molar-refractivity contribution in [2.45, 2.75) is 0 Å². The van der Waals surface area contributed by atoms with Crippen LogP contribution in [0.2, 0.25) is 0 Å². The zero-order chi connectivity index (χ0) is 20.4. The van der Waals surface area contributed by atoms with Gasteiger partial charge in [-0.1, -0.05) is 6.07 Å². The van der Waals surface area contributed by atoms with Gasteiger partial charge in [-0.15, -0.1) is 11.3 Å². The van der Waals surface area contributed by atoms with E-state index in [0.717, 1.165) is 27.0 Å². The van der Waals surface area contributed by atoms with Crippen molar-refractivity contribution in [2.24, 2.45) is 0 Å². The molecule has 4 rings (SSSR count). The number of nitrogens with one attached hydrogen (secondary N) is 2. The summed E-state index contributed by atoms with van der Waals surface area (Å²) in [6.45, 7) is 0. The molecule has 8 nitrogen and oxygen atoms in total. The van der Waals surface area contributed by atoms with Crippen LogP contribution in [-0.4, -0.2) is 29.4 Å². The normalized spacial score (nSPS) is 10.7. The first-order valence-corrected chi connectivity index (χ1v) is 9.54. The molecule has 0 aliphatic heterocycles. The molecule has 0 fully saturated rings. The summed E-state index contributed by atoms with van der Waals surface area (Å²) in [4.78, 5) is 9.08. The Morgan fingerprint density at radius 2 is 1.90 bits per heavy atom. The molecule has 0 radical (unpaired) electrons. The maximum absolute atomic E-state index is 9.26. The highest BCUT2D eigenvalue weighted by Gasteiger charge is 2.12. The average Bonchev–Trinajstić information content (AvgIpc) is 3.17. The number of hydrogen-bond acceptors (Lipinski definition) is 9. The summed E-state index contributed by atoms with van der Waals surface area (Å²) in [5.41, 5.74) is 12.3. The molecule has 0 aliphatic carbocycles. The van der Waals surface area contributed by atoms with Gasteiger partial charge in [0.25, 0.3) is 0 Å². The lowest BCUT2D eigenvalue weighted by Crippen LogP contribution is -1.98. The van der Waals surface area contributed by atoms with E-state index in [1.54, 1.807) is 43.9 Å². The number of ether oxygens (including phenoxy) is 2. The van der Waals surface area contributed by atoms with Crippen molar-refractivity contribution in [1.29, 1.82) is 0 Å². The van der Waals surface area contributed by atoms with Crippen LogP contribution in [0.1, 0.15) is 0 Å². The molecule has 0 bridgehead atoms. The smallest absolute Gasteiger partial charge is 0.227 e. The number of methoxy groups -OCH3 is 2. The maximum Gasteiger partial charge on any atom is 0.227 e. The summed E-state index contributed by atoms with van der Waals surface area (Å²) in [7, 11) is 3.18. The quantitative estimate of drug-likeness (QED) is 0.272. The molecular weight excluding hydrogens is 390 g/mol. The van der Waals surface area contributed by atoms with E-state index >= 15 is 0 Å². The molecule has 148 valence electrons. The van der Waals surface area contributed by atoms with Gasteiger partial charge in [0.1, 0.15) is 0 Å². The van der Waals surface area contributed by atoms with Crippen LogP contribution >= 0.6 is 11.3 Å². The van der Waals surface area contributed by atoms with Crippen LogP contribution in [0.5, 0.6) is 11.5 Å². The number of anilines is 4. The number of benzene rings is 2. The lowest BCUT2D eigenvalue weighted by atomic mass is 10.1. The molecule has 29 heavy (non-hydrogen) atoms.